The van der Waals surface area contributed by atoms with Crippen molar-refractivity contribution in [1.82, 2.24) is 9.97 Å². The lowest BCUT2D eigenvalue weighted by molar-refractivity contribution is -0.385. The molecule has 1 rings (SSSR count). The maximum Gasteiger partial charge on any atom is 0.332 e. The Balaban J connectivity index is 3.11. The molecule has 0 aromatic carbocycles. The summed E-state index contributed by atoms with van der Waals surface area (Å²) in [6.07, 6.45) is 1.69. The maximum atomic E-state index is 11.2. The Morgan fingerprint density at radius 3 is 2.62 bits per heavy atom. The van der Waals surface area contributed by atoms with Gasteiger partial charge in [0.15, 0.2) is 0 Å². The number of aromatic nitrogens is 2. The molecule has 0 aliphatic heterocycles. The van der Waals surface area contributed by atoms with Crippen LogP contribution in [0, 0.1) is 17.0 Å². The normalized spacial score (nSPS) is 12.0. The lowest BCUT2D eigenvalue weighted by Gasteiger charge is -2.17. The molecule has 8 nitrogen and oxygen atoms in total. The van der Waals surface area contributed by atoms with Gasteiger partial charge in [0.05, 0.1) is 17.6 Å². The first-order chi connectivity index (χ1) is 10.0. The molecule has 0 aliphatic rings. The van der Waals surface area contributed by atoms with E-state index in [0.29, 0.717) is 24.8 Å². The van der Waals surface area contributed by atoms with Crippen LogP contribution in [0.2, 0.25) is 0 Å². The number of nitrogens with one attached hydrogen (secondary N) is 2. The van der Waals surface area contributed by atoms with E-state index < -0.39 is 4.92 Å². The van der Waals surface area contributed by atoms with Crippen LogP contribution < -0.4 is 10.6 Å². The Labute approximate surface area is 124 Å². The third-order valence-corrected chi connectivity index (χ3v) is 2.98. The first-order valence-electron chi connectivity index (χ1n) is 7.05. The summed E-state index contributed by atoms with van der Waals surface area (Å²) >= 11 is 0. The molecular formula is C13H23N5O3. The summed E-state index contributed by atoms with van der Waals surface area (Å²) in [4.78, 5) is 19.1. The highest BCUT2D eigenvalue weighted by atomic mass is 16.6. The predicted molar refractivity (Wildman–Crippen MR) is 81.8 cm³/mol. The number of aryl methyl sites for hydroxylation is 1. The average molecular weight is 297 g/mol. The van der Waals surface area contributed by atoms with Crippen LogP contribution in [0.15, 0.2) is 0 Å². The molecule has 0 bridgehead atoms. The van der Waals surface area contributed by atoms with Gasteiger partial charge in [-0.3, -0.25) is 10.1 Å². The van der Waals surface area contributed by atoms with Crippen LogP contribution in [-0.2, 0) is 4.74 Å². The number of nitrogens with zero attached hydrogens (tertiary/aromatic N) is 3. The molecule has 118 valence electrons. The monoisotopic (exact) mass is 297 g/mol. The molecule has 0 saturated carbocycles. The Bertz CT molecular complexity index is 481. The number of ether oxygens (including phenoxy) is 1. The summed E-state index contributed by atoms with van der Waals surface area (Å²) < 4.78 is 5.10. The van der Waals surface area contributed by atoms with E-state index in [1.165, 1.54) is 0 Å². The smallest absolute Gasteiger partial charge is 0.332 e. The van der Waals surface area contributed by atoms with Gasteiger partial charge in [-0.2, -0.15) is 4.98 Å². The second-order valence-corrected chi connectivity index (χ2v) is 4.72. The average Bonchev–Trinajstić information content (AvgIpc) is 2.43. The van der Waals surface area contributed by atoms with Crippen LogP contribution in [0.3, 0.4) is 0 Å². The molecule has 1 heterocycles. The molecule has 21 heavy (non-hydrogen) atoms. The summed E-state index contributed by atoms with van der Waals surface area (Å²) in [5.74, 6) is 0.629. The van der Waals surface area contributed by atoms with Crippen LogP contribution >= 0.6 is 0 Å². The molecule has 1 atom stereocenters. The first kappa shape index (κ1) is 17.1. The van der Waals surface area contributed by atoms with Crippen LogP contribution in [0.4, 0.5) is 17.5 Å². The molecule has 0 fully saturated rings. The van der Waals surface area contributed by atoms with Crippen molar-refractivity contribution in [3.63, 3.8) is 0 Å². The molecule has 0 spiro atoms. The number of rotatable bonds is 9. The second kappa shape index (κ2) is 8.35. The van der Waals surface area contributed by atoms with Crippen molar-refractivity contribution in [3.05, 3.63) is 15.8 Å². The number of hydrogen-bond donors (Lipinski definition) is 2. The van der Waals surface area contributed by atoms with E-state index in [4.69, 9.17) is 4.74 Å². The standard InChI is InChI=1S/C13H23N5O3/c1-5-7-14-13-15-9(3)11(18(19)20)12(17-13)16-10(6-2)8-21-4/h10H,5-8H2,1-4H3,(H2,14,15,16,17). The quantitative estimate of drug-likeness (QED) is 0.532. The largest absolute Gasteiger partial charge is 0.383 e. The van der Waals surface area contributed by atoms with Gasteiger partial charge in [0, 0.05) is 13.7 Å². The summed E-state index contributed by atoms with van der Waals surface area (Å²) in [7, 11) is 1.60. The minimum atomic E-state index is -0.458. The number of anilines is 2. The molecule has 8 heteroatoms. The Kier molecular flexibility index (Phi) is 6.80. The zero-order valence-electron chi connectivity index (χ0n) is 13.0. The van der Waals surface area contributed by atoms with E-state index in [1.54, 1.807) is 14.0 Å². The summed E-state index contributed by atoms with van der Waals surface area (Å²) in [5, 5.41) is 17.4. The highest BCUT2D eigenvalue weighted by Crippen LogP contribution is 2.27. The van der Waals surface area contributed by atoms with Gasteiger partial charge in [-0.1, -0.05) is 13.8 Å². The summed E-state index contributed by atoms with van der Waals surface area (Å²) in [6.45, 7) is 6.78. The molecule has 2 N–H and O–H groups in total. The van der Waals surface area contributed by atoms with E-state index >= 15 is 0 Å². The SMILES string of the molecule is CCCNc1nc(C)c([N+](=O)[O-])c(NC(CC)COC)n1. The Morgan fingerprint density at radius 2 is 2.10 bits per heavy atom. The van der Waals surface area contributed by atoms with E-state index in [9.17, 15) is 10.1 Å². The minimum absolute atomic E-state index is 0.0398. The van der Waals surface area contributed by atoms with E-state index in [0.717, 1.165) is 12.8 Å². The number of hydrogen-bond acceptors (Lipinski definition) is 7. The predicted octanol–water partition coefficient (Wildman–Crippen LogP) is 2.35. The van der Waals surface area contributed by atoms with Crippen molar-refractivity contribution in [2.24, 2.45) is 0 Å². The summed E-state index contributed by atoms with van der Waals surface area (Å²) in [6, 6.07) is -0.0398. The van der Waals surface area contributed by atoms with E-state index in [1.807, 2.05) is 13.8 Å². The highest BCUT2D eigenvalue weighted by molar-refractivity contribution is 5.61. The first-order valence-corrected chi connectivity index (χ1v) is 7.05. The third kappa shape index (κ3) is 4.82. The molecule has 0 radical (unpaired) electrons. The molecular weight excluding hydrogens is 274 g/mol. The number of nitro groups is 1. The van der Waals surface area contributed by atoms with Gasteiger partial charge in [-0.15, -0.1) is 0 Å². The van der Waals surface area contributed by atoms with Gasteiger partial charge in [0.1, 0.15) is 5.69 Å². The van der Waals surface area contributed by atoms with Crippen LogP contribution in [-0.4, -0.2) is 41.2 Å². The van der Waals surface area contributed by atoms with Crippen LogP contribution in [0.25, 0.3) is 0 Å². The van der Waals surface area contributed by atoms with E-state index in [2.05, 4.69) is 20.6 Å². The lowest BCUT2D eigenvalue weighted by Crippen LogP contribution is -2.25. The molecule has 0 aliphatic carbocycles. The van der Waals surface area contributed by atoms with Gasteiger partial charge in [0.25, 0.3) is 0 Å². The number of methoxy groups -OCH3 is 1. The Hall–Kier alpha value is -1.96. The van der Waals surface area contributed by atoms with Crippen molar-refractivity contribution in [1.29, 1.82) is 0 Å². The van der Waals surface area contributed by atoms with Crippen molar-refractivity contribution in [3.8, 4) is 0 Å². The third-order valence-electron chi connectivity index (χ3n) is 2.98. The van der Waals surface area contributed by atoms with Gasteiger partial charge in [-0.05, 0) is 19.8 Å². The fraction of sp³-hybridized carbons (Fsp3) is 0.692. The van der Waals surface area contributed by atoms with Crippen LogP contribution in [0.1, 0.15) is 32.4 Å². The second-order valence-electron chi connectivity index (χ2n) is 4.72. The lowest BCUT2D eigenvalue weighted by atomic mass is 10.2. The zero-order valence-corrected chi connectivity index (χ0v) is 13.0. The molecule has 0 amide bonds. The molecule has 1 aromatic heterocycles. The van der Waals surface area contributed by atoms with Gasteiger partial charge >= 0.3 is 5.69 Å². The maximum absolute atomic E-state index is 11.2. The van der Waals surface area contributed by atoms with Gasteiger partial charge in [0.2, 0.25) is 11.8 Å². The zero-order chi connectivity index (χ0) is 15.8. The van der Waals surface area contributed by atoms with E-state index in [-0.39, 0.29) is 17.5 Å². The fourth-order valence-electron chi connectivity index (χ4n) is 1.86. The van der Waals surface area contributed by atoms with Crippen molar-refractivity contribution in [2.45, 2.75) is 39.7 Å². The summed E-state index contributed by atoms with van der Waals surface area (Å²) in [5.41, 5.74) is 0.245. The van der Waals surface area contributed by atoms with Crippen molar-refractivity contribution in [2.75, 3.05) is 30.9 Å². The van der Waals surface area contributed by atoms with Crippen LogP contribution in [0.5, 0.6) is 0 Å². The van der Waals surface area contributed by atoms with Gasteiger partial charge < -0.3 is 15.4 Å². The van der Waals surface area contributed by atoms with Crippen molar-refractivity contribution < 1.29 is 9.66 Å². The Morgan fingerprint density at radius 1 is 1.38 bits per heavy atom. The minimum Gasteiger partial charge on any atom is -0.383 e. The highest BCUT2D eigenvalue weighted by Gasteiger charge is 2.23. The topological polar surface area (TPSA) is 102 Å². The van der Waals surface area contributed by atoms with Crippen molar-refractivity contribution >= 4 is 17.5 Å². The van der Waals surface area contributed by atoms with Gasteiger partial charge in [-0.25, -0.2) is 4.98 Å². The fourth-order valence-corrected chi connectivity index (χ4v) is 1.86. The molecule has 0 saturated heterocycles. The molecule has 1 unspecified atom stereocenters. The molecule has 1 aromatic rings.